The van der Waals surface area contributed by atoms with Gasteiger partial charge in [-0.05, 0) is 22.6 Å². The van der Waals surface area contributed by atoms with Crippen LogP contribution in [0.3, 0.4) is 0 Å². The molecule has 0 radical (unpaired) electrons. The van der Waals surface area contributed by atoms with Crippen LogP contribution in [0.1, 0.15) is 10.5 Å². The summed E-state index contributed by atoms with van der Waals surface area (Å²) >= 11 is 1.73. The first kappa shape index (κ1) is 10.4. The second-order valence-electron chi connectivity index (χ2n) is 2.24. The maximum absolute atomic E-state index is 11.9. The molecule has 0 saturated heterocycles. The van der Waals surface area contributed by atoms with Gasteiger partial charge in [-0.15, -0.1) is 0 Å². The fraction of sp³-hybridized carbons (Fsp3) is 0.333. The summed E-state index contributed by atoms with van der Waals surface area (Å²) in [6.45, 7) is -0.580. The molecule has 0 amide bonds. The number of aromatic nitrogens is 2. The predicted molar refractivity (Wildman–Crippen MR) is 47.9 cm³/mol. The Bertz CT molecular complexity index is 326. The van der Waals surface area contributed by atoms with Crippen molar-refractivity contribution < 1.29 is 18.7 Å². The van der Waals surface area contributed by atoms with Crippen LogP contribution < -0.4 is 0 Å². The zero-order valence-electron chi connectivity index (χ0n) is 6.25. The highest BCUT2D eigenvalue weighted by atomic mass is 127. The van der Waals surface area contributed by atoms with Crippen molar-refractivity contribution in [3.63, 3.8) is 0 Å². The quantitative estimate of drug-likeness (QED) is 0.860. The number of hydrogen-bond acceptors (Lipinski definition) is 2. The maximum atomic E-state index is 11.9. The monoisotopic (exact) mass is 302 g/mol. The summed E-state index contributed by atoms with van der Waals surface area (Å²) < 4.78 is 25.0. The summed E-state index contributed by atoms with van der Waals surface area (Å²) in [4.78, 5) is 10.5. The summed E-state index contributed by atoms with van der Waals surface area (Å²) in [5, 5.41) is 12.0. The molecule has 0 bridgehead atoms. The number of carboxylic acids is 1. The van der Waals surface area contributed by atoms with Crippen LogP contribution in [0.4, 0.5) is 8.78 Å². The molecule has 1 rings (SSSR count). The van der Waals surface area contributed by atoms with Crippen LogP contribution in [0.25, 0.3) is 0 Å². The lowest BCUT2D eigenvalue weighted by Gasteiger charge is -1.97. The van der Waals surface area contributed by atoms with Crippen molar-refractivity contribution in [2.24, 2.45) is 0 Å². The Labute approximate surface area is 85.7 Å². The van der Waals surface area contributed by atoms with E-state index in [1.807, 2.05) is 0 Å². The number of halogens is 3. The second-order valence-corrected chi connectivity index (χ2v) is 3.41. The molecule has 4 nitrogen and oxygen atoms in total. The summed E-state index contributed by atoms with van der Waals surface area (Å²) in [5.41, 5.74) is -0.193. The largest absolute Gasteiger partial charge is 0.476 e. The zero-order chi connectivity index (χ0) is 10.0. The molecular weight excluding hydrogens is 297 g/mol. The van der Waals surface area contributed by atoms with Crippen molar-refractivity contribution in [1.29, 1.82) is 0 Å². The number of alkyl halides is 2. The Morgan fingerprint density at radius 2 is 2.38 bits per heavy atom. The molecule has 7 heteroatoms. The molecule has 0 aliphatic carbocycles. The lowest BCUT2D eigenvalue weighted by Crippen LogP contribution is -2.08. The molecule has 1 aromatic heterocycles. The maximum Gasteiger partial charge on any atom is 0.357 e. The zero-order valence-corrected chi connectivity index (χ0v) is 8.40. The summed E-state index contributed by atoms with van der Waals surface area (Å²) in [6, 6.07) is 0. The Kier molecular flexibility index (Phi) is 3.17. The van der Waals surface area contributed by atoms with Crippen molar-refractivity contribution >= 4 is 28.6 Å². The average Bonchev–Trinajstić information content (AvgIpc) is 2.29. The van der Waals surface area contributed by atoms with E-state index in [9.17, 15) is 13.6 Å². The molecule has 0 aliphatic rings. The molecule has 1 aromatic rings. The van der Waals surface area contributed by atoms with E-state index in [1.54, 1.807) is 22.6 Å². The van der Waals surface area contributed by atoms with E-state index in [-0.39, 0.29) is 5.69 Å². The Hall–Kier alpha value is -0.730. The van der Waals surface area contributed by atoms with Gasteiger partial charge in [0.15, 0.2) is 5.69 Å². The molecular formula is C6H5F2IN2O2. The van der Waals surface area contributed by atoms with Crippen molar-refractivity contribution in [3.05, 3.63) is 15.5 Å². The van der Waals surface area contributed by atoms with Crippen molar-refractivity contribution in [3.8, 4) is 0 Å². The third-order valence-electron chi connectivity index (χ3n) is 1.24. The van der Waals surface area contributed by atoms with Gasteiger partial charge in [0.1, 0.15) is 6.54 Å². The van der Waals surface area contributed by atoms with Gasteiger partial charge in [0, 0.05) is 6.20 Å². The number of nitrogens with zero attached hydrogens (tertiary/aromatic N) is 2. The molecule has 72 valence electrons. The summed E-state index contributed by atoms with van der Waals surface area (Å²) in [6.07, 6.45) is -1.26. The topological polar surface area (TPSA) is 55.1 Å². The van der Waals surface area contributed by atoms with Gasteiger partial charge in [-0.3, -0.25) is 4.68 Å². The van der Waals surface area contributed by atoms with Gasteiger partial charge in [-0.2, -0.15) is 5.10 Å². The van der Waals surface area contributed by atoms with Crippen molar-refractivity contribution in [2.45, 2.75) is 13.0 Å². The van der Waals surface area contributed by atoms with Gasteiger partial charge < -0.3 is 5.11 Å². The fourth-order valence-electron chi connectivity index (χ4n) is 0.777. The van der Waals surface area contributed by atoms with Gasteiger partial charge in [0.2, 0.25) is 0 Å². The molecule has 0 unspecified atom stereocenters. The number of rotatable bonds is 3. The number of hydrogen-bond donors (Lipinski definition) is 1. The lowest BCUT2D eigenvalue weighted by molar-refractivity contribution is 0.0685. The van der Waals surface area contributed by atoms with E-state index in [0.717, 1.165) is 4.68 Å². The van der Waals surface area contributed by atoms with Gasteiger partial charge >= 0.3 is 5.97 Å². The number of carbonyl (C=O) groups is 1. The Balaban J connectivity index is 2.89. The minimum Gasteiger partial charge on any atom is -0.476 e. The van der Waals surface area contributed by atoms with Crippen LogP contribution >= 0.6 is 22.6 Å². The van der Waals surface area contributed by atoms with Gasteiger partial charge in [0.05, 0.1) is 3.57 Å². The lowest BCUT2D eigenvalue weighted by atomic mass is 10.4. The molecule has 0 spiro atoms. The number of aromatic carboxylic acids is 1. The van der Waals surface area contributed by atoms with Crippen LogP contribution in [0.15, 0.2) is 6.20 Å². The normalized spacial score (nSPS) is 10.8. The first-order valence-corrected chi connectivity index (χ1v) is 4.33. The first-order valence-electron chi connectivity index (χ1n) is 3.25. The number of carboxylic acid groups (broad SMARTS) is 1. The van der Waals surface area contributed by atoms with E-state index < -0.39 is 18.9 Å². The van der Waals surface area contributed by atoms with Crippen LogP contribution in [0.2, 0.25) is 0 Å². The third kappa shape index (κ3) is 2.61. The highest BCUT2D eigenvalue weighted by Crippen LogP contribution is 2.10. The molecule has 0 atom stereocenters. The summed E-state index contributed by atoms with van der Waals surface area (Å²) in [5.74, 6) is -1.21. The highest BCUT2D eigenvalue weighted by Gasteiger charge is 2.15. The highest BCUT2D eigenvalue weighted by molar-refractivity contribution is 14.1. The SMILES string of the molecule is O=C(O)c1nn(CC(F)F)cc1I. The van der Waals surface area contributed by atoms with Gasteiger partial charge in [0.25, 0.3) is 6.43 Å². The standard InChI is InChI=1S/C6H5F2IN2O2/c7-4(8)2-11-1-3(9)5(10-11)6(12)13/h1,4H,2H2,(H,12,13). The molecule has 13 heavy (non-hydrogen) atoms. The van der Waals surface area contributed by atoms with Crippen molar-refractivity contribution in [2.75, 3.05) is 0 Å². The van der Waals surface area contributed by atoms with Crippen LogP contribution in [0, 0.1) is 3.57 Å². The van der Waals surface area contributed by atoms with Crippen LogP contribution in [-0.2, 0) is 6.54 Å². The minimum absolute atomic E-state index is 0.193. The predicted octanol–water partition coefficient (Wildman–Crippen LogP) is 1.45. The molecule has 1 N–H and O–H groups in total. The molecule has 0 fully saturated rings. The smallest absolute Gasteiger partial charge is 0.357 e. The van der Waals surface area contributed by atoms with Gasteiger partial charge in [-0.1, -0.05) is 0 Å². The molecule has 0 aliphatic heterocycles. The van der Waals surface area contributed by atoms with Crippen LogP contribution in [-0.4, -0.2) is 27.3 Å². The Morgan fingerprint density at radius 1 is 1.77 bits per heavy atom. The summed E-state index contributed by atoms with van der Waals surface area (Å²) in [7, 11) is 0. The average molecular weight is 302 g/mol. The first-order chi connectivity index (χ1) is 6.00. The molecule has 0 aromatic carbocycles. The fourth-order valence-corrected chi connectivity index (χ4v) is 1.44. The van der Waals surface area contributed by atoms with E-state index in [0.29, 0.717) is 3.57 Å². The van der Waals surface area contributed by atoms with Crippen LogP contribution in [0.5, 0.6) is 0 Å². The van der Waals surface area contributed by atoms with Crippen molar-refractivity contribution in [1.82, 2.24) is 9.78 Å². The van der Waals surface area contributed by atoms with E-state index in [4.69, 9.17) is 5.11 Å². The molecule has 0 saturated carbocycles. The van der Waals surface area contributed by atoms with E-state index >= 15 is 0 Å². The van der Waals surface area contributed by atoms with Gasteiger partial charge in [-0.25, -0.2) is 13.6 Å². The van der Waals surface area contributed by atoms with E-state index in [2.05, 4.69) is 5.10 Å². The Morgan fingerprint density at radius 3 is 2.77 bits per heavy atom. The third-order valence-corrected chi connectivity index (χ3v) is 2.03. The second kappa shape index (κ2) is 3.99. The van der Waals surface area contributed by atoms with E-state index in [1.165, 1.54) is 6.20 Å². The minimum atomic E-state index is -2.53. The molecule has 1 heterocycles.